The van der Waals surface area contributed by atoms with E-state index in [0.29, 0.717) is 18.5 Å². The van der Waals surface area contributed by atoms with Crippen molar-refractivity contribution >= 4 is 16.9 Å². The summed E-state index contributed by atoms with van der Waals surface area (Å²) in [7, 11) is 1.58. The highest BCUT2D eigenvalue weighted by Crippen LogP contribution is 2.14. The van der Waals surface area contributed by atoms with Crippen LogP contribution in [0.2, 0.25) is 0 Å². The molecule has 1 heterocycles. The van der Waals surface area contributed by atoms with Gasteiger partial charge in [-0.1, -0.05) is 25.5 Å². The molecule has 0 saturated carbocycles. The topological polar surface area (TPSA) is 68.5 Å². The second-order valence-electron chi connectivity index (χ2n) is 4.38. The molecule has 5 nitrogen and oxygen atoms in total. The number of pyridine rings is 1. The zero-order valence-corrected chi connectivity index (χ0v) is 12.8. The van der Waals surface area contributed by atoms with Crippen molar-refractivity contribution in [1.82, 2.24) is 4.57 Å². The first-order chi connectivity index (χ1) is 10.0. The van der Waals surface area contributed by atoms with E-state index in [0.717, 1.165) is 11.1 Å². The molecule has 0 unspecified atom stereocenters. The summed E-state index contributed by atoms with van der Waals surface area (Å²) in [4.78, 5) is 23.3. The van der Waals surface area contributed by atoms with Crippen molar-refractivity contribution in [2.75, 3.05) is 13.7 Å². The average molecular weight is 291 g/mol. The summed E-state index contributed by atoms with van der Waals surface area (Å²) in [6, 6.07) is 5.44. The Hall–Kier alpha value is -2.14. The Kier molecular flexibility index (Phi) is 6.11. The fraction of sp³-hybridized carbons (Fsp3) is 0.375. The largest absolute Gasteiger partial charge is 0.477 e. The minimum absolute atomic E-state index is 0.214. The van der Waals surface area contributed by atoms with Crippen LogP contribution in [-0.2, 0) is 11.3 Å². The number of carbonyl (C=O) groups is 1. The Morgan fingerprint density at radius 3 is 2.57 bits per heavy atom. The normalized spacial score (nSPS) is 10.1. The molecule has 0 radical (unpaired) electrons. The van der Waals surface area contributed by atoms with E-state index in [1.54, 1.807) is 17.7 Å². The summed E-state index contributed by atoms with van der Waals surface area (Å²) in [5, 5.41) is 9.53. The van der Waals surface area contributed by atoms with Crippen LogP contribution in [0.15, 0.2) is 29.2 Å². The lowest BCUT2D eigenvalue weighted by molar-refractivity contribution is 0.0694. The molecule has 1 aromatic carbocycles. The Labute approximate surface area is 123 Å². The van der Waals surface area contributed by atoms with Crippen molar-refractivity contribution < 1.29 is 14.6 Å². The van der Waals surface area contributed by atoms with Crippen LogP contribution in [0.4, 0.5) is 0 Å². The van der Waals surface area contributed by atoms with Crippen molar-refractivity contribution in [2.45, 2.75) is 27.3 Å². The number of hydrogen-bond donors (Lipinski definition) is 1. The van der Waals surface area contributed by atoms with Gasteiger partial charge in [-0.05, 0) is 19.1 Å². The maximum Gasteiger partial charge on any atom is 0.341 e. The van der Waals surface area contributed by atoms with Crippen LogP contribution in [0.1, 0.15) is 29.8 Å². The number of rotatable bonds is 4. The van der Waals surface area contributed by atoms with E-state index in [1.807, 2.05) is 32.9 Å². The quantitative estimate of drug-likeness (QED) is 0.940. The van der Waals surface area contributed by atoms with E-state index in [2.05, 4.69) is 0 Å². The van der Waals surface area contributed by atoms with E-state index in [4.69, 9.17) is 9.84 Å². The third-order valence-electron chi connectivity index (χ3n) is 3.00. The van der Waals surface area contributed by atoms with E-state index in [1.165, 1.54) is 6.20 Å². The minimum atomic E-state index is -1.21. The third kappa shape index (κ3) is 3.70. The van der Waals surface area contributed by atoms with Gasteiger partial charge in [0.2, 0.25) is 5.43 Å². The molecule has 2 rings (SSSR count). The van der Waals surface area contributed by atoms with Gasteiger partial charge in [-0.15, -0.1) is 0 Å². The molecule has 114 valence electrons. The van der Waals surface area contributed by atoms with Crippen LogP contribution in [0, 0.1) is 6.92 Å². The molecule has 0 saturated heterocycles. The highest BCUT2D eigenvalue weighted by Gasteiger charge is 2.14. The number of aromatic carboxylic acids is 1. The number of aryl methyl sites for hydroxylation is 1. The van der Waals surface area contributed by atoms with Crippen LogP contribution in [0.3, 0.4) is 0 Å². The Bertz CT molecular complexity index is 688. The molecule has 0 aliphatic carbocycles. The van der Waals surface area contributed by atoms with Gasteiger partial charge in [-0.3, -0.25) is 4.79 Å². The number of aromatic nitrogens is 1. The average Bonchev–Trinajstić information content (AvgIpc) is 2.48. The number of carboxylic acid groups (broad SMARTS) is 1. The summed E-state index contributed by atoms with van der Waals surface area (Å²) in [5.74, 6) is -1.21. The van der Waals surface area contributed by atoms with Gasteiger partial charge in [0.05, 0.1) is 12.1 Å². The van der Waals surface area contributed by atoms with E-state index in [9.17, 15) is 9.59 Å². The number of nitrogens with zero attached hydrogens (tertiary/aromatic N) is 1. The summed E-state index contributed by atoms with van der Waals surface area (Å²) in [6.45, 7) is 6.81. The first-order valence-electron chi connectivity index (χ1n) is 6.90. The maximum absolute atomic E-state index is 12.1. The van der Waals surface area contributed by atoms with Gasteiger partial charge in [0.25, 0.3) is 0 Å². The van der Waals surface area contributed by atoms with Gasteiger partial charge in [0.1, 0.15) is 5.56 Å². The lowest BCUT2D eigenvalue weighted by atomic mass is 10.1. The number of hydrogen-bond acceptors (Lipinski definition) is 3. The van der Waals surface area contributed by atoms with Gasteiger partial charge in [0, 0.05) is 25.2 Å². The summed E-state index contributed by atoms with van der Waals surface area (Å²) in [6.07, 6.45) is 1.38. The fourth-order valence-corrected chi connectivity index (χ4v) is 2.04. The lowest BCUT2D eigenvalue weighted by Gasteiger charge is -2.12. The van der Waals surface area contributed by atoms with Crippen LogP contribution >= 0.6 is 0 Å². The second-order valence-corrected chi connectivity index (χ2v) is 4.38. The molecule has 0 atom stereocenters. The predicted molar refractivity (Wildman–Crippen MR) is 83.1 cm³/mol. The van der Waals surface area contributed by atoms with E-state index < -0.39 is 11.4 Å². The number of fused-ring (bicyclic) bond motifs is 1. The highest BCUT2D eigenvalue weighted by molar-refractivity contribution is 5.92. The Balaban J connectivity index is 0.00000106. The molecule has 0 spiro atoms. The van der Waals surface area contributed by atoms with Crippen molar-refractivity contribution in [2.24, 2.45) is 0 Å². The molecule has 0 aliphatic heterocycles. The number of carboxylic acids is 1. The molecule has 1 N–H and O–H groups in total. The first-order valence-corrected chi connectivity index (χ1v) is 6.90. The molecule has 0 aliphatic rings. The van der Waals surface area contributed by atoms with Crippen LogP contribution in [-0.4, -0.2) is 29.4 Å². The zero-order chi connectivity index (χ0) is 16.0. The molecule has 1 aromatic heterocycles. The molecular weight excluding hydrogens is 270 g/mol. The van der Waals surface area contributed by atoms with E-state index in [-0.39, 0.29) is 5.56 Å². The lowest BCUT2D eigenvalue weighted by Crippen LogP contribution is -2.20. The standard InChI is InChI=1S/C14H15NO4.C2H6/c1-9-3-4-12-10(7-9)13(16)11(14(17)18)8-15(12)5-6-19-2;1-2/h3-4,7-8H,5-6H2,1-2H3,(H,17,18);1-2H3. The van der Waals surface area contributed by atoms with E-state index >= 15 is 0 Å². The van der Waals surface area contributed by atoms with Crippen molar-refractivity contribution in [3.05, 3.63) is 45.7 Å². The predicted octanol–water partition coefficient (Wildman–Crippen LogP) is 2.68. The molecule has 2 aromatic rings. The monoisotopic (exact) mass is 291 g/mol. The van der Waals surface area contributed by atoms with Crippen molar-refractivity contribution in [3.8, 4) is 0 Å². The smallest absolute Gasteiger partial charge is 0.341 e. The molecule has 5 heteroatoms. The molecule has 21 heavy (non-hydrogen) atoms. The fourth-order valence-electron chi connectivity index (χ4n) is 2.04. The Morgan fingerprint density at radius 1 is 1.33 bits per heavy atom. The van der Waals surface area contributed by atoms with Gasteiger partial charge in [0.15, 0.2) is 0 Å². The number of benzene rings is 1. The van der Waals surface area contributed by atoms with Crippen LogP contribution in [0.25, 0.3) is 10.9 Å². The minimum Gasteiger partial charge on any atom is -0.477 e. The summed E-state index contributed by atoms with van der Waals surface area (Å²) < 4.78 is 6.74. The number of methoxy groups -OCH3 is 1. The van der Waals surface area contributed by atoms with Gasteiger partial charge >= 0.3 is 5.97 Å². The highest BCUT2D eigenvalue weighted by atomic mass is 16.5. The number of ether oxygens (including phenoxy) is 1. The maximum atomic E-state index is 12.1. The second kappa shape index (κ2) is 7.59. The van der Waals surface area contributed by atoms with Crippen molar-refractivity contribution in [3.63, 3.8) is 0 Å². The van der Waals surface area contributed by atoms with Gasteiger partial charge < -0.3 is 14.4 Å². The van der Waals surface area contributed by atoms with Gasteiger partial charge in [-0.25, -0.2) is 4.79 Å². The van der Waals surface area contributed by atoms with Crippen LogP contribution in [0.5, 0.6) is 0 Å². The van der Waals surface area contributed by atoms with Crippen molar-refractivity contribution in [1.29, 1.82) is 0 Å². The summed E-state index contributed by atoms with van der Waals surface area (Å²) in [5.41, 5.74) is 0.983. The molecular formula is C16H21NO4. The first kappa shape index (κ1) is 16.9. The zero-order valence-electron chi connectivity index (χ0n) is 12.8. The SMILES string of the molecule is CC.COCCn1cc(C(=O)O)c(=O)c2cc(C)ccc21. The third-order valence-corrected chi connectivity index (χ3v) is 3.00. The summed E-state index contributed by atoms with van der Waals surface area (Å²) >= 11 is 0. The molecule has 0 amide bonds. The Morgan fingerprint density at radius 2 is 2.00 bits per heavy atom. The molecule has 0 bridgehead atoms. The van der Waals surface area contributed by atoms with Gasteiger partial charge in [-0.2, -0.15) is 0 Å². The molecule has 0 fully saturated rings. The van der Waals surface area contributed by atoms with Crippen LogP contribution < -0.4 is 5.43 Å².